The van der Waals surface area contributed by atoms with Crippen molar-refractivity contribution >= 4 is 27.9 Å². The molecule has 0 radical (unpaired) electrons. The molecule has 1 unspecified atom stereocenters. The van der Waals surface area contributed by atoms with Gasteiger partial charge in [-0.3, -0.25) is 0 Å². The highest BCUT2D eigenvalue weighted by Crippen LogP contribution is 2.34. The number of carbonyl (C=O) groups excluding carboxylic acids is 1. The average molecular weight is 889 g/mol. The molecule has 0 saturated heterocycles. The SMILES string of the molecule is C=CC(=O)OCC(O)COC(CCOc1ccc2cc(-c3ccc(CCCCC)cc3OC)c(=O)oc2c1)CCOc1ccc2cc(-c3ccc(CCCCC)cc3OC)c(=O)oc2c1. The van der Waals surface area contributed by atoms with Gasteiger partial charge in [0.1, 0.15) is 46.9 Å². The molecule has 65 heavy (non-hydrogen) atoms. The van der Waals surface area contributed by atoms with Crippen LogP contribution in [0, 0.1) is 0 Å². The molecule has 0 bridgehead atoms. The third kappa shape index (κ3) is 13.3. The number of rotatable bonds is 26. The van der Waals surface area contributed by atoms with Gasteiger partial charge in [-0.05, 0) is 85.3 Å². The predicted molar refractivity (Wildman–Crippen MR) is 253 cm³/mol. The van der Waals surface area contributed by atoms with Crippen molar-refractivity contribution < 1.29 is 47.2 Å². The van der Waals surface area contributed by atoms with Crippen LogP contribution in [0.2, 0.25) is 0 Å². The van der Waals surface area contributed by atoms with Gasteiger partial charge in [0.15, 0.2) is 0 Å². The van der Waals surface area contributed by atoms with Crippen LogP contribution in [-0.2, 0) is 27.1 Å². The maximum absolute atomic E-state index is 13.3. The first-order valence-electron chi connectivity index (χ1n) is 22.5. The van der Waals surface area contributed by atoms with Gasteiger partial charge in [-0.1, -0.05) is 70.4 Å². The molecular formula is C53H60O12. The van der Waals surface area contributed by atoms with Crippen molar-refractivity contribution in [2.45, 2.75) is 90.3 Å². The van der Waals surface area contributed by atoms with Crippen LogP contribution in [0.3, 0.4) is 0 Å². The second-order valence-electron chi connectivity index (χ2n) is 16.0. The smallest absolute Gasteiger partial charge is 0.344 e. The number of aryl methyl sites for hydroxylation is 2. The summed E-state index contributed by atoms with van der Waals surface area (Å²) in [6, 6.07) is 26.1. The Hall–Kier alpha value is -6.37. The first kappa shape index (κ1) is 48.1. The van der Waals surface area contributed by atoms with E-state index in [0.29, 0.717) is 69.3 Å². The normalized spacial score (nSPS) is 11.8. The summed E-state index contributed by atoms with van der Waals surface area (Å²) in [4.78, 5) is 38.1. The van der Waals surface area contributed by atoms with Crippen molar-refractivity contribution in [2.75, 3.05) is 40.6 Å². The van der Waals surface area contributed by atoms with Gasteiger partial charge in [-0.15, -0.1) is 0 Å². The molecule has 0 fully saturated rings. The van der Waals surface area contributed by atoms with E-state index in [1.165, 1.54) is 0 Å². The molecule has 4 aromatic carbocycles. The lowest BCUT2D eigenvalue weighted by atomic mass is 10.00. The topological polar surface area (TPSA) is 153 Å². The van der Waals surface area contributed by atoms with Gasteiger partial charge in [0.2, 0.25) is 0 Å². The Morgan fingerprint density at radius 1 is 0.646 bits per heavy atom. The van der Waals surface area contributed by atoms with Gasteiger partial charge < -0.3 is 42.4 Å². The molecule has 2 heterocycles. The first-order chi connectivity index (χ1) is 31.6. The van der Waals surface area contributed by atoms with Crippen molar-refractivity contribution in [1.82, 2.24) is 0 Å². The van der Waals surface area contributed by atoms with E-state index in [0.717, 1.165) is 79.3 Å². The molecular weight excluding hydrogens is 829 g/mol. The number of benzene rings is 4. The molecule has 12 heteroatoms. The van der Waals surface area contributed by atoms with Crippen LogP contribution in [-0.4, -0.2) is 63.9 Å². The zero-order valence-electron chi connectivity index (χ0n) is 37.9. The molecule has 6 aromatic rings. The highest BCUT2D eigenvalue weighted by atomic mass is 16.6. The van der Waals surface area contributed by atoms with Gasteiger partial charge >= 0.3 is 17.2 Å². The van der Waals surface area contributed by atoms with Gasteiger partial charge in [0.25, 0.3) is 0 Å². The minimum absolute atomic E-state index is 0.110. The summed E-state index contributed by atoms with van der Waals surface area (Å²) in [5, 5.41) is 11.9. The Labute approximate surface area is 379 Å². The average Bonchev–Trinajstić information content (AvgIpc) is 3.31. The molecule has 6 rings (SSSR count). The van der Waals surface area contributed by atoms with E-state index in [4.69, 9.17) is 37.3 Å². The molecule has 0 saturated carbocycles. The van der Waals surface area contributed by atoms with Gasteiger partial charge in [-0.25, -0.2) is 14.4 Å². The fraction of sp³-hybridized carbons (Fsp3) is 0.377. The molecule has 0 aliphatic carbocycles. The van der Waals surface area contributed by atoms with Crippen molar-refractivity contribution in [2.24, 2.45) is 0 Å². The highest BCUT2D eigenvalue weighted by molar-refractivity contribution is 5.85. The Kier molecular flexibility index (Phi) is 17.8. The molecule has 0 aliphatic heterocycles. The lowest BCUT2D eigenvalue weighted by molar-refractivity contribution is -0.142. The zero-order valence-corrected chi connectivity index (χ0v) is 37.9. The van der Waals surface area contributed by atoms with Crippen molar-refractivity contribution in [3.63, 3.8) is 0 Å². The van der Waals surface area contributed by atoms with E-state index >= 15 is 0 Å². The fourth-order valence-electron chi connectivity index (χ4n) is 7.58. The summed E-state index contributed by atoms with van der Waals surface area (Å²) in [6.07, 6.45) is 8.95. The lowest BCUT2D eigenvalue weighted by Crippen LogP contribution is -2.28. The van der Waals surface area contributed by atoms with Crippen LogP contribution in [0.4, 0.5) is 0 Å². The number of esters is 1. The predicted octanol–water partition coefficient (Wildman–Crippen LogP) is 10.4. The Bertz CT molecular complexity index is 2480. The van der Waals surface area contributed by atoms with E-state index in [9.17, 15) is 19.5 Å². The number of methoxy groups -OCH3 is 2. The van der Waals surface area contributed by atoms with E-state index in [2.05, 4.69) is 20.4 Å². The summed E-state index contributed by atoms with van der Waals surface area (Å²) in [6.45, 7) is 7.79. The molecule has 1 atom stereocenters. The Morgan fingerprint density at radius 2 is 1.14 bits per heavy atom. The van der Waals surface area contributed by atoms with Crippen LogP contribution in [0.25, 0.3) is 44.2 Å². The number of unbranched alkanes of at least 4 members (excludes halogenated alkanes) is 4. The Morgan fingerprint density at radius 3 is 1.58 bits per heavy atom. The van der Waals surface area contributed by atoms with Crippen molar-refractivity contribution in [3.8, 4) is 45.3 Å². The van der Waals surface area contributed by atoms with E-state index in [1.54, 1.807) is 50.6 Å². The monoisotopic (exact) mass is 888 g/mol. The second-order valence-corrected chi connectivity index (χ2v) is 16.0. The quantitative estimate of drug-likeness (QED) is 0.0239. The minimum atomic E-state index is -1.07. The van der Waals surface area contributed by atoms with Crippen LogP contribution in [0.1, 0.15) is 76.3 Å². The third-order valence-corrected chi connectivity index (χ3v) is 11.2. The van der Waals surface area contributed by atoms with E-state index < -0.39 is 29.4 Å². The number of aliphatic hydroxyl groups is 1. The number of hydrogen-bond donors (Lipinski definition) is 1. The van der Waals surface area contributed by atoms with Crippen LogP contribution >= 0.6 is 0 Å². The highest BCUT2D eigenvalue weighted by Gasteiger charge is 2.18. The number of carbonyl (C=O) groups is 1. The van der Waals surface area contributed by atoms with E-state index in [1.807, 2.05) is 48.5 Å². The number of hydrogen-bond acceptors (Lipinski definition) is 12. The maximum Gasteiger partial charge on any atom is 0.344 e. The standard InChI is InChI=1S/C53H60O12/c1-6-9-11-13-35-15-21-43(49(27-35)58-4)45-29-37-17-19-41(31-47(37)64-52(45)56)60-25-23-40(62-33-39(54)34-63-51(55)8-3)24-26-61-42-20-18-38-30-46(53(57)65-48(38)32-42)44-22-16-36(14-12-10-7-2)28-50(44)59-5/h8,15-22,27-32,39-40,54H,3,6-7,9-14,23-26,33-34H2,1-2,4-5H3. The van der Waals surface area contributed by atoms with Crippen LogP contribution in [0.15, 0.2) is 116 Å². The number of aliphatic hydroxyl groups excluding tert-OH is 1. The Balaban J connectivity index is 1.10. The molecule has 2 aromatic heterocycles. The summed E-state index contributed by atoms with van der Waals surface area (Å²) in [5.74, 6) is 1.58. The van der Waals surface area contributed by atoms with Crippen molar-refractivity contribution in [3.05, 3.63) is 130 Å². The third-order valence-electron chi connectivity index (χ3n) is 11.2. The van der Waals surface area contributed by atoms with Crippen LogP contribution in [0.5, 0.6) is 23.0 Å². The molecule has 1 N–H and O–H groups in total. The summed E-state index contributed by atoms with van der Waals surface area (Å²) in [5.41, 5.74) is 4.22. The van der Waals surface area contributed by atoms with Gasteiger partial charge in [0, 0.05) is 52.9 Å². The molecule has 0 amide bonds. The maximum atomic E-state index is 13.3. The number of fused-ring (bicyclic) bond motifs is 2. The second kappa shape index (κ2) is 24.1. The van der Waals surface area contributed by atoms with E-state index in [-0.39, 0.29) is 26.4 Å². The molecule has 0 spiro atoms. The molecule has 12 nitrogen and oxygen atoms in total. The summed E-state index contributed by atoms with van der Waals surface area (Å²) < 4.78 is 46.2. The number of ether oxygens (including phenoxy) is 6. The van der Waals surface area contributed by atoms with Gasteiger partial charge in [0.05, 0.1) is 51.3 Å². The van der Waals surface area contributed by atoms with Crippen molar-refractivity contribution in [1.29, 1.82) is 0 Å². The van der Waals surface area contributed by atoms with Gasteiger partial charge in [-0.2, -0.15) is 0 Å². The minimum Gasteiger partial charge on any atom is -0.496 e. The molecule has 344 valence electrons. The van der Waals surface area contributed by atoms with Crippen LogP contribution < -0.4 is 30.2 Å². The summed E-state index contributed by atoms with van der Waals surface area (Å²) >= 11 is 0. The molecule has 0 aliphatic rings. The largest absolute Gasteiger partial charge is 0.496 e. The fourth-order valence-corrected chi connectivity index (χ4v) is 7.58. The summed E-state index contributed by atoms with van der Waals surface area (Å²) in [7, 11) is 3.20. The lowest BCUT2D eigenvalue weighted by Gasteiger charge is -2.20. The first-order valence-corrected chi connectivity index (χ1v) is 22.5. The zero-order chi connectivity index (χ0) is 46.1.